The van der Waals surface area contributed by atoms with Crippen LogP contribution in [0.4, 0.5) is 0 Å². The molecule has 0 radical (unpaired) electrons. The van der Waals surface area contributed by atoms with Crippen LogP contribution in [0.15, 0.2) is 74.6 Å². The molecule has 0 unspecified atom stereocenters. The lowest BCUT2D eigenvalue weighted by Crippen LogP contribution is -2.39. The van der Waals surface area contributed by atoms with Crippen LogP contribution in [0.1, 0.15) is 44.9 Å². The second-order valence-corrected chi connectivity index (χ2v) is 10.7. The molecule has 41 heavy (non-hydrogen) atoms. The zero-order chi connectivity index (χ0) is 29.7. The van der Waals surface area contributed by atoms with Crippen molar-refractivity contribution in [3.8, 4) is 17.2 Å². The molecule has 11 heteroatoms. The van der Waals surface area contributed by atoms with E-state index >= 15 is 0 Å². The summed E-state index contributed by atoms with van der Waals surface area (Å²) in [4.78, 5) is 43.7. The third kappa shape index (κ3) is 6.52. The average molecular weight is 642 g/mol. The van der Waals surface area contributed by atoms with E-state index in [0.717, 1.165) is 0 Å². The highest BCUT2D eigenvalue weighted by atomic mass is 79.9. The highest BCUT2D eigenvalue weighted by molar-refractivity contribution is 9.10. The Kier molecular flexibility index (Phi) is 9.61. The zero-order valence-electron chi connectivity index (χ0n) is 23.1. The van der Waals surface area contributed by atoms with Crippen molar-refractivity contribution in [1.29, 1.82) is 0 Å². The number of halogens is 1. The lowest BCUT2D eigenvalue weighted by molar-refractivity contribution is -0.139. The number of thiazole rings is 1. The van der Waals surface area contributed by atoms with Gasteiger partial charge in [0.25, 0.3) is 5.56 Å². The summed E-state index contributed by atoms with van der Waals surface area (Å²) in [7, 11) is 0. The van der Waals surface area contributed by atoms with Crippen LogP contribution in [0.5, 0.6) is 17.2 Å². The van der Waals surface area contributed by atoms with E-state index in [-0.39, 0.29) is 23.5 Å². The predicted molar refractivity (Wildman–Crippen MR) is 159 cm³/mol. The van der Waals surface area contributed by atoms with Crippen molar-refractivity contribution >= 4 is 45.3 Å². The monoisotopic (exact) mass is 640 g/mol. The quantitative estimate of drug-likeness (QED) is 0.183. The Morgan fingerprint density at radius 1 is 1.15 bits per heavy atom. The second-order valence-electron chi connectivity index (χ2n) is 8.83. The Balaban J connectivity index is 1.88. The fraction of sp³-hybridized carbons (Fsp3) is 0.267. The summed E-state index contributed by atoms with van der Waals surface area (Å²) < 4.78 is 24.4. The first-order chi connectivity index (χ1) is 19.7. The average Bonchev–Trinajstić information content (AvgIpc) is 3.23. The maximum Gasteiger partial charge on any atom is 0.338 e. The summed E-state index contributed by atoms with van der Waals surface area (Å²) in [6.07, 6.45) is 3.36. The van der Waals surface area contributed by atoms with Crippen molar-refractivity contribution in [3.05, 3.63) is 95.6 Å². The van der Waals surface area contributed by atoms with Gasteiger partial charge >= 0.3 is 11.9 Å². The molecule has 0 aliphatic carbocycles. The number of carbonyl (C=O) groups excluding carboxylic acids is 2. The van der Waals surface area contributed by atoms with Gasteiger partial charge in [0.2, 0.25) is 0 Å². The van der Waals surface area contributed by atoms with Gasteiger partial charge in [-0.1, -0.05) is 36.1 Å². The number of aromatic nitrogens is 1. The topological polar surface area (TPSA) is 105 Å². The predicted octanol–water partition coefficient (Wildman–Crippen LogP) is 4.45. The molecule has 0 N–H and O–H groups in total. The summed E-state index contributed by atoms with van der Waals surface area (Å²) in [5.74, 6) is 0.223. The fourth-order valence-electron chi connectivity index (χ4n) is 4.34. The molecular formula is C30H29BrN2O7S. The van der Waals surface area contributed by atoms with Gasteiger partial charge < -0.3 is 18.9 Å². The van der Waals surface area contributed by atoms with Gasteiger partial charge in [0.1, 0.15) is 12.4 Å². The number of esters is 2. The number of allylic oxidation sites excluding steroid dienone is 1. The first kappa shape index (κ1) is 30.0. The molecule has 9 nitrogen and oxygen atoms in total. The Hall–Kier alpha value is -3.96. The molecule has 0 bridgehead atoms. The highest BCUT2D eigenvalue weighted by Crippen LogP contribution is 2.37. The summed E-state index contributed by atoms with van der Waals surface area (Å²) in [5, 5.41) is 0. The van der Waals surface area contributed by atoms with E-state index in [1.165, 1.54) is 22.8 Å². The number of nitrogens with zero attached hydrogens (tertiary/aromatic N) is 2. The molecule has 3 aromatic rings. The van der Waals surface area contributed by atoms with Crippen LogP contribution in [-0.4, -0.2) is 36.3 Å². The number of rotatable bonds is 10. The Bertz CT molecular complexity index is 1700. The number of carbonyl (C=O) groups is 2. The lowest BCUT2D eigenvalue weighted by Gasteiger charge is -2.24. The molecule has 0 spiro atoms. The first-order valence-electron chi connectivity index (χ1n) is 12.9. The summed E-state index contributed by atoms with van der Waals surface area (Å²) >= 11 is 4.65. The third-order valence-electron chi connectivity index (χ3n) is 5.96. The molecule has 2 heterocycles. The smallest absolute Gasteiger partial charge is 0.338 e. The van der Waals surface area contributed by atoms with Crippen LogP contribution in [-0.2, 0) is 14.3 Å². The van der Waals surface area contributed by atoms with E-state index in [1.807, 2.05) is 19.1 Å². The van der Waals surface area contributed by atoms with Crippen molar-refractivity contribution in [2.75, 3.05) is 19.8 Å². The molecule has 0 amide bonds. The number of hydrogen-bond acceptors (Lipinski definition) is 9. The van der Waals surface area contributed by atoms with Crippen LogP contribution in [0.3, 0.4) is 0 Å². The molecule has 0 fully saturated rings. The molecule has 1 aliphatic rings. The molecule has 1 aromatic heterocycles. The van der Waals surface area contributed by atoms with Crippen molar-refractivity contribution in [2.45, 2.75) is 33.7 Å². The Labute approximate surface area is 249 Å². The highest BCUT2D eigenvalue weighted by Gasteiger charge is 2.33. The van der Waals surface area contributed by atoms with Crippen molar-refractivity contribution in [1.82, 2.24) is 4.57 Å². The van der Waals surface area contributed by atoms with Gasteiger partial charge in [0, 0.05) is 6.92 Å². The number of benzene rings is 2. The second kappa shape index (κ2) is 13.1. The zero-order valence-corrected chi connectivity index (χ0v) is 25.5. The van der Waals surface area contributed by atoms with Gasteiger partial charge in [-0.25, -0.2) is 9.79 Å². The molecule has 1 aliphatic heterocycles. The van der Waals surface area contributed by atoms with Gasteiger partial charge in [-0.3, -0.25) is 14.2 Å². The molecular weight excluding hydrogens is 612 g/mol. The van der Waals surface area contributed by atoms with Crippen LogP contribution < -0.4 is 29.1 Å². The van der Waals surface area contributed by atoms with E-state index in [2.05, 4.69) is 27.5 Å². The van der Waals surface area contributed by atoms with Crippen LogP contribution >= 0.6 is 27.3 Å². The first-order valence-corrected chi connectivity index (χ1v) is 14.5. The fourth-order valence-corrected chi connectivity index (χ4v) is 5.92. The normalized spacial score (nSPS) is 14.7. The minimum Gasteiger partial charge on any atom is -0.490 e. The van der Waals surface area contributed by atoms with E-state index < -0.39 is 18.0 Å². The summed E-state index contributed by atoms with van der Waals surface area (Å²) in [6, 6.07) is 9.87. The summed E-state index contributed by atoms with van der Waals surface area (Å²) in [6.45, 7) is 11.1. The van der Waals surface area contributed by atoms with Gasteiger partial charge in [0.15, 0.2) is 16.3 Å². The largest absolute Gasteiger partial charge is 0.490 e. The third-order valence-corrected chi connectivity index (χ3v) is 7.53. The van der Waals surface area contributed by atoms with Gasteiger partial charge in [0.05, 0.1) is 39.5 Å². The maximum absolute atomic E-state index is 13.9. The van der Waals surface area contributed by atoms with E-state index in [4.69, 9.17) is 18.9 Å². The minimum absolute atomic E-state index is 0.182. The lowest BCUT2D eigenvalue weighted by atomic mass is 9.96. The van der Waals surface area contributed by atoms with Gasteiger partial charge in [-0.05, 0) is 78.2 Å². The van der Waals surface area contributed by atoms with Gasteiger partial charge in [-0.2, -0.15) is 0 Å². The number of hydrogen-bond donors (Lipinski definition) is 0. The van der Waals surface area contributed by atoms with Crippen molar-refractivity contribution in [2.24, 2.45) is 4.99 Å². The molecule has 214 valence electrons. The molecule has 0 saturated heterocycles. The van der Waals surface area contributed by atoms with E-state index in [0.29, 0.717) is 55.3 Å². The SMILES string of the molecule is C=CCOc1ccc([C@H]2C(C(=O)OCC)=C(C)N=c3sc(=Cc4cc(Br)c(OC(C)=O)c(OCC)c4)c(=O)n32)cc1. The standard InChI is InChI=1S/C30H29BrN2O7S/c1-6-13-39-21-11-9-20(10-12-21)26-25(29(36)38-8-3)17(4)32-30-33(26)28(35)24(41-30)16-19-14-22(31)27(40-18(5)34)23(15-19)37-7-2/h6,9-12,14-16,26H,1,7-8,13H2,2-5H3/t26-/m0/s1. The van der Waals surface area contributed by atoms with Crippen LogP contribution in [0.25, 0.3) is 6.08 Å². The Morgan fingerprint density at radius 2 is 1.88 bits per heavy atom. The summed E-state index contributed by atoms with van der Waals surface area (Å²) in [5.41, 5.74) is 1.78. The van der Waals surface area contributed by atoms with Crippen LogP contribution in [0.2, 0.25) is 0 Å². The van der Waals surface area contributed by atoms with Gasteiger partial charge in [-0.15, -0.1) is 0 Å². The Morgan fingerprint density at radius 3 is 2.51 bits per heavy atom. The molecule has 4 rings (SSSR count). The number of ether oxygens (including phenoxy) is 4. The van der Waals surface area contributed by atoms with E-state index in [9.17, 15) is 14.4 Å². The molecule has 2 aromatic carbocycles. The van der Waals surface area contributed by atoms with Crippen molar-refractivity contribution in [3.63, 3.8) is 0 Å². The molecule has 0 saturated carbocycles. The van der Waals surface area contributed by atoms with E-state index in [1.54, 1.807) is 50.3 Å². The van der Waals surface area contributed by atoms with Crippen LogP contribution in [0, 0.1) is 0 Å². The minimum atomic E-state index is -0.752. The molecule has 1 atom stereocenters. The van der Waals surface area contributed by atoms with Crippen molar-refractivity contribution < 1.29 is 28.5 Å². The maximum atomic E-state index is 13.9. The number of fused-ring (bicyclic) bond motifs is 1.